The average molecular weight is 486 g/mol. The summed E-state index contributed by atoms with van der Waals surface area (Å²) in [4.78, 5) is 15.4. The Hall–Kier alpha value is -2.26. The molecule has 0 aromatic heterocycles. The Kier molecular flexibility index (Phi) is 8.37. The van der Waals surface area contributed by atoms with Crippen molar-refractivity contribution in [3.8, 4) is 0 Å². The van der Waals surface area contributed by atoms with Crippen LogP contribution >= 0.6 is 0 Å². The summed E-state index contributed by atoms with van der Waals surface area (Å²) in [6.45, 7) is 4.63. The van der Waals surface area contributed by atoms with Gasteiger partial charge in [0.1, 0.15) is 0 Å². The second-order valence-electron chi connectivity index (χ2n) is 9.23. The maximum Gasteiger partial charge on any atom is 0.251 e. The largest absolute Gasteiger partial charge is 0.379 e. The van der Waals surface area contributed by atoms with E-state index >= 15 is 0 Å². The van der Waals surface area contributed by atoms with Gasteiger partial charge in [0, 0.05) is 44.8 Å². The van der Waals surface area contributed by atoms with Gasteiger partial charge in [0.15, 0.2) is 0 Å². The number of morpholine rings is 1. The molecule has 1 N–H and O–H groups in total. The van der Waals surface area contributed by atoms with Crippen LogP contribution in [0.5, 0.6) is 0 Å². The van der Waals surface area contributed by atoms with E-state index in [1.165, 1.54) is 15.9 Å². The lowest BCUT2D eigenvalue weighted by Crippen LogP contribution is -2.38. The molecule has 1 amide bonds. The zero-order valence-electron chi connectivity index (χ0n) is 19.9. The molecule has 2 aliphatic rings. The van der Waals surface area contributed by atoms with E-state index < -0.39 is 10.0 Å². The lowest BCUT2D eigenvalue weighted by Gasteiger charge is -2.30. The van der Waals surface area contributed by atoms with Crippen molar-refractivity contribution in [3.05, 3.63) is 65.2 Å². The summed E-state index contributed by atoms with van der Waals surface area (Å²) in [5.41, 5.74) is 2.56. The van der Waals surface area contributed by atoms with Crippen molar-refractivity contribution in [1.29, 1.82) is 0 Å². The van der Waals surface area contributed by atoms with Crippen LogP contribution in [0.4, 0.5) is 0 Å². The average Bonchev–Trinajstić information content (AvgIpc) is 2.88. The number of ether oxygens (including phenoxy) is 1. The maximum atomic E-state index is 13.2. The van der Waals surface area contributed by atoms with Crippen LogP contribution in [-0.2, 0) is 27.8 Å². The van der Waals surface area contributed by atoms with Gasteiger partial charge in [-0.1, -0.05) is 49.6 Å². The molecule has 7 nitrogen and oxygen atoms in total. The Morgan fingerprint density at radius 3 is 2.50 bits per heavy atom. The lowest BCUT2D eigenvalue weighted by molar-refractivity contribution is 0.0342. The first-order valence-corrected chi connectivity index (χ1v) is 13.6. The van der Waals surface area contributed by atoms with Crippen LogP contribution in [0.3, 0.4) is 0 Å². The Labute approximate surface area is 203 Å². The minimum Gasteiger partial charge on any atom is -0.379 e. The molecule has 8 heteroatoms. The highest BCUT2D eigenvalue weighted by Crippen LogP contribution is 2.26. The molecular formula is C26H35N3O4S. The van der Waals surface area contributed by atoms with Crippen LogP contribution in [0, 0.1) is 0 Å². The summed E-state index contributed by atoms with van der Waals surface area (Å²) in [5.74, 6) is -0.282. The van der Waals surface area contributed by atoms with Crippen molar-refractivity contribution in [3.63, 3.8) is 0 Å². The first-order valence-electron chi connectivity index (χ1n) is 12.2. The molecule has 0 radical (unpaired) electrons. The summed E-state index contributed by atoms with van der Waals surface area (Å²) >= 11 is 0. The van der Waals surface area contributed by atoms with E-state index in [0.717, 1.165) is 70.5 Å². The predicted octanol–water partition coefficient (Wildman–Crippen LogP) is 3.40. The van der Waals surface area contributed by atoms with E-state index in [0.29, 0.717) is 12.1 Å². The summed E-state index contributed by atoms with van der Waals surface area (Å²) in [5, 5.41) is 2.94. The molecule has 184 valence electrons. The smallest absolute Gasteiger partial charge is 0.251 e. The van der Waals surface area contributed by atoms with Gasteiger partial charge in [0.05, 0.1) is 18.1 Å². The molecule has 4 rings (SSSR count). The highest BCUT2D eigenvalue weighted by atomic mass is 32.2. The fourth-order valence-electron chi connectivity index (χ4n) is 4.74. The Balaban J connectivity index is 1.38. The molecule has 2 aromatic carbocycles. The van der Waals surface area contributed by atoms with Gasteiger partial charge >= 0.3 is 0 Å². The second kappa shape index (κ2) is 11.4. The van der Waals surface area contributed by atoms with Crippen molar-refractivity contribution in [1.82, 2.24) is 14.5 Å². The zero-order chi connectivity index (χ0) is 24.0. The van der Waals surface area contributed by atoms with Gasteiger partial charge in [-0.05, 0) is 42.2 Å². The van der Waals surface area contributed by atoms with Gasteiger partial charge in [-0.25, -0.2) is 8.42 Å². The van der Waals surface area contributed by atoms with Gasteiger partial charge in [-0.3, -0.25) is 9.69 Å². The minimum absolute atomic E-state index is 0.0287. The maximum absolute atomic E-state index is 13.2. The number of sulfonamides is 1. The topological polar surface area (TPSA) is 79.0 Å². The van der Waals surface area contributed by atoms with Crippen LogP contribution in [-0.4, -0.2) is 62.9 Å². The molecule has 34 heavy (non-hydrogen) atoms. The fraction of sp³-hybridized carbons (Fsp3) is 0.500. The molecule has 0 spiro atoms. The third-order valence-electron chi connectivity index (χ3n) is 6.82. The van der Waals surface area contributed by atoms with Gasteiger partial charge < -0.3 is 10.1 Å². The number of hydrogen-bond acceptors (Lipinski definition) is 5. The molecule has 0 unspecified atom stereocenters. The molecule has 1 saturated heterocycles. The molecule has 1 heterocycles. The summed E-state index contributed by atoms with van der Waals surface area (Å²) in [7, 11) is -1.99. The highest BCUT2D eigenvalue weighted by Gasteiger charge is 2.29. The summed E-state index contributed by atoms with van der Waals surface area (Å²) < 4.78 is 33.2. The van der Waals surface area contributed by atoms with E-state index in [2.05, 4.69) is 22.3 Å². The van der Waals surface area contributed by atoms with Gasteiger partial charge in [0.2, 0.25) is 10.0 Å². The second-order valence-corrected chi connectivity index (χ2v) is 11.2. The Morgan fingerprint density at radius 1 is 1.03 bits per heavy atom. The molecule has 1 aliphatic heterocycles. The van der Waals surface area contributed by atoms with E-state index in [4.69, 9.17) is 4.74 Å². The van der Waals surface area contributed by atoms with E-state index in [1.54, 1.807) is 25.2 Å². The number of nitrogens with one attached hydrogen (secondary N) is 1. The molecule has 0 bridgehead atoms. The third-order valence-corrected chi connectivity index (χ3v) is 8.72. The number of nitrogens with zero attached hydrogens (tertiary/aromatic N) is 2. The lowest BCUT2D eigenvalue weighted by atomic mass is 9.96. The number of hydrogen-bond donors (Lipinski definition) is 1. The van der Waals surface area contributed by atoms with Gasteiger partial charge in [-0.2, -0.15) is 4.31 Å². The Morgan fingerprint density at radius 2 is 1.74 bits per heavy atom. The van der Waals surface area contributed by atoms with E-state index in [-0.39, 0.29) is 16.8 Å². The quantitative estimate of drug-likeness (QED) is 0.620. The first kappa shape index (κ1) is 24.9. The van der Waals surface area contributed by atoms with Crippen molar-refractivity contribution in [2.45, 2.75) is 56.1 Å². The normalized spacial score (nSPS) is 18.2. The summed E-state index contributed by atoms with van der Waals surface area (Å²) in [6, 6.07) is 14.6. The monoisotopic (exact) mass is 485 g/mol. The molecule has 2 fully saturated rings. The zero-order valence-corrected chi connectivity index (χ0v) is 20.7. The molecule has 1 aliphatic carbocycles. The van der Waals surface area contributed by atoms with Gasteiger partial charge in [0.25, 0.3) is 5.91 Å². The Bertz CT molecular complexity index is 1080. The summed E-state index contributed by atoms with van der Waals surface area (Å²) in [6.07, 6.45) is 5.05. The van der Waals surface area contributed by atoms with Crippen LogP contribution in [0.2, 0.25) is 0 Å². The number of benzene rings is 2. The van der Waals surface area contributed by atoms with Crippen molar-refractivity contribution in [2.24, 2.45) is 0 Å². The number of amides is 1. The molecule has 1 saturated carbocycles. The van der Waals surface area contributed by atoms with Crippen LogP contribution < -0.4 is 5.32 Å². The standard InChI is InChI=1S/C26H35N3O4S/c1-28(24-10-3-2-4-11-24)34(31,32)25-12-6-9-23(18-25)26(30)27-19-21-7-5-8-22(17-21)20-29-13-15-33-16-14-29/h5-9,12,17-18,24H,2-4,10-11,13-16,19-20H2,1H3,(H,27,30). The molecule has 2 aromatic rings. The van der Waals surface area contributed by atoms with Crippen LogP contribution in [0.15, 0.2) is 53.4 Å². The highest BCUT2D eigenvalue weighted by molar-refractivity contribution is 7.89. The minimum atomic E-state index is -3.64. The van der Waals surface area contributed by atoms with Crippen molar-refractivity contribution < 1.29 is 17.9 Å². The van der Waals surface area contributed by atoms with Crippen LogP contribution in [0.25, 0.3) is 0 Å². The third kappa shape index (κ3) is 6.24. The number of carbonyl (C=O) groups is 1. The molecular weight excluding hydrogens is 450 g/mol. The first-order chi connectivity index (χ1) is 16.4. The van der Waals surface area contributed by atoms with Gasteiger partial charge in [-0.15, -0.1) is 0 Å². The van der Waals surface area contributed by atoms with E-state index in [9.17, 15) is 13.2 Å². The fourth-order valence-corrected chi connectivity index (χ4v) is 6.21. The predicted molar refractivity (Wildman–Crippen MR) is 132 cm³/mol. The number of carbonyl (C=O) groups excluding carboxylic acids is 1. The van der Waals surface area contributed by atoms with Crippen LogP contribution in [0.1, 0.15) is 53.6 Å². The van der Waals surface area contributed by atoms with Crippen molar-refractivity contribution in [2.75, 3.05) is 33.4 Å². The van der Waals surface area contributed by atoms with Crippen molar-refractivity contribution >= 4 is 15.9 Å². The number of rotatable bonds is 8. The molecule has 0 atom stereocenters. The SMILES string of the molecule is CN(C1CCCCC1)S(=O)(=O)c1cccc(C(=O)NCc2cccc(CN3CCOCC3)c2)c1. The van der Waals surface area contributed by atoms with E-state index in [1.807, 2.05) is 12.1 Å².